The number of carbonyl (C=O) groups is 4. The number of imide groups is 2. The molecule has 2 bridgehead atoms. The van der Waals surface area contributed by atoms with Crippen LogP contribution in [0.1, 0.15) is 89.3 Å². The quantitative estimate of drug-likeness (QED) is 0.120. The number of benzene rings is 4. The van der Waals surface area contributed by atoms with Crippen LogP contribution in [0.15, 0.2) is 97.1 Å². The number of piperazine rings is 1. The number of rotatable bonds is 12. The van der Waals surface area contributed by atoms with Crippen LogP contribution in [-0.2, 0) is 9.59 Å². The highest BCUT2D eigenvalue weighted by Gasteiger charge is 2.47. The minimum atomic E-state index is -1.08. The van der Waals surface area contributed by atoms with Gasteiger partial charge in [-0.2, -0.15) is 0 Å². The number of piperidine rings is 2. The standard InChI is InChI=1S/C49H52FN5O5/c1-2-39(33-9-5-3-6-10-33)46(34-11-7-4-8-12-34)35-13-17-38(18-14-35)60-26-25-52-23-21-32(22-24-52)29-53-30-36-15-16-37(31-53)54(36)44-28-41-40(27-42(44)50)48(58)55(49(41)59)43-19-20-45(56)51-47(43)57/h3-14,17-18,27-28,32,36-37,43H,2,15-16,19-26,29-31H2,1H3,(H,51,56,57). The number of ether oxygens (including phenoxy) is 1. The topological polar surface area (TPSA) is 102 Å². The molecule has 4 fully saturated rings. The molecule has 4 aromatic rings. The second-order valence-electron chi connectivity index (χ2n) is 16.9. The fourth-order valence-electron chi connectivity index (χ4n) is 10.3. The molecule has 10 nitrogen and oxygen atoms in total. The number of carbonyl (C=O) groups excluding carboxylic acids is 4. The molecule has 5 aliphatic heterocycles. The van der Waals surface area contributed by atoms with Crippen LogP contribution in [0.2, 0.25) is 0 Å². The van der Waals surface area contributed by atoms with Crippen molar-refractivity contribution in [2.45, 2.75) is 70.0 Å². The Bertz CT molecular complexity index is 2280. The van der Waals surface area contributed by atoms with Gasteiger partial charge in [0.25, 0.3) is 11.8 Å². The molecular formula is C49H52FN5O5. The van der Waals surface area contributed by atoms with Gasteiger partial charge in [0.15, 0.2) is 0 Å². The molecule has 9 rings (SSSR count). The molecule has 5 aliphatic rings. The molecule has 3 atom stereocenters. The van der Waals surface area contributed by atoms with Crippen molar-refractivity contribution in [3.8, 4) is 5.75 Å². The van der Waals surface area contributed by atoms with Crippen LogP contribution in [0.3, 0.4) is 0 Å². The molecule has 3 unspecified atom stereocenters. The van der Waals surface area contributed by atoms with Crippen molar-refractivity contribution in [3.63, 3.8) is 0 Å². The number of fused-ring (bicyclic) bond motifs is 3. The summed E-state index contributed by atoms with van der Waals surface area (Å²) < 4.78 is 22.1. The van der Waals surface area contributed by atoms with E-state index in [1.54, 1.807) is 0 Å². The number of likely N-dealkylation sites (tertiary alicyclic amines) is 2. The Morgan fingerprint density at radius 2 is 1.35 bits per heavy atom. The van der Waals surface area contributed by atoms with Crippen LogP contribution in [0.5, 0.6) is 5.75 Å². The van der Waals surface area contributed by atoms with E-state index in [0.29, 0.717) is 18.2 Å². The maximum atomic E-state index is 15.8. The van der Waals surface area contributed by atoms with Crippen LogP contribution < -0.4 is 15.0 Å². The number of allylic oxidation sites excluding steroid dienone is 1. The molecule has 60 heavy (non-hydrogen) atoms. The van der Waals surface area contributed by atoms with Crippen LogP contribution in [0.25, 0.3) is 11.1 Å². The molecule has 4 aromatic carbocycles. The van der Waals surface area contributed by atoms with Gasteiger partial charge in [0.2, 0.25) is 11.8 Å². The van der Waals surface area contributed by atoms with E-state index in [1.807, 2.05) is 0 Å². The van der Waals surface area contributed by atoms with Crippen LogP contribution in [-0.4, -0.2) is 102 Å². The number of nitrogens with one attached hydrogen (secondary N) is 1. The van der Waals surface area contributed by atoms with Gasteiger partial charge in [0.05, 0.1) is 16.8 Å². The van der Waals surface area contributed by atoms with Crippen molar-refractivity contribution in [2.24, 2.45) is 5.92 Å². The van der Waals surface area contributed by atoms with Gasteiger partial charge < -0.3 is 9.64 Å². The van der Waals surface area contributed by atoms with Gasteiger partial charge in [-0.3, -0.25) is 39.2 Å². The van der Waals surface area contributed by atoms with Crippen molar-refractivity contribution in [2.75, 3.05) is 50.8 Å². The summed E-state index contributed by atoms with van der Waals surface area (Å²) in [4.78, 5) is 59.0. The fraction of sp³-hybridized carbons (Fsp3) is 0.388. The summed E-state index contributed by atoms with van der Waals surface area (Å²) in [6, 6.07) is 31.6. The Balaban J connectivity index is 0.763. The maximum Gasteiger partial charge on any atom is 0.262 e. The Morgan fingerprint density at radius 3 is 1.98 bits per heavy atom. The van der Waals surface area contributed by atoms with E-state index in [0.717, 1.165) is 88.1 Å². The summed E-state index contributed by atoms with van der Waals surface area (Å²) in [7, 11) is 0. The minimum Gasteiger partial charge on any atom is -0.492 e. The highest BCUT2D eigenvalue weighted by Crippen LogP contribution is 2.40. The Morgan fingerprint density at radius 1 is 0.733 bits per heavy atom. The number of anilines is 1. The largest absolute Gasteiger partial charge is 0.492 e. The van der Waals surface area contributed by atoms with E-state index in [4.69, 9.17) is 4.74 Å². The smallest absolute Gasteiger partial charge is 0.262 e. The molecule has 0 radical (unpaired) electrons. The first kappa shape index (κ1) is 39.8. The second kappa shape index (κ2) is 17.1. The van der Waals surface area contributed by atoms with Gasteiger partial charge in [-0.25, -0.2) is 4.39 Å². The third-order valence-electron chi connectivity index (χ3n) is 13.2. The minimum absolute atomic E-state index is 0.0283. The predicted molar refractivity (Wildman–Crippen MR) is 229 cm³/mol. The van der Waals surface area contributed by atoms with E-state index in [2.05, 4.69) is 112 Å². The van der Waals surface area contributed by atoms with Crippen molar-refractivity contribution in [1.82, 2.24) is 20.0 Å². The van der Waals surface area contributed by atoms with Gasteiger partial charge in [0, 0.05) is 44.7 Å². The lowest BCUT2D eigenvalue weighted by Crippen LogP contribution is -2.55. The summed E-state index contributed by atoms with van der Waals surface area (Å²) in [5, 5.41) is 2.21. The van der Waals surface area contributed by atoms with E-state index in [1.165, 1.54) is 33.9 Å². The zero-order valence-corrected chi connectivity index (χ0v) is 34.2. The monoisotopic (exact) mass is 809 g/mol. The first-order chi connectivity index (χ1) is 29.2. The van der Waals surface area contributed by atoms with E-state index in [9.17, 15) is 19.2 Å². The van der Waals surface area contributed by atoms with E-state index < -0.39 is 35.5 Å². The number of nitrogens with zero attached hydrogens (tertiary/aromatic N) is 4. The Kier molecular flexibility index (Phi) is 11.4. The Hall–Kier alpha value is -5.65. The van der Waals surface area contributed by atoms with Crippen LogP contribution in [0.4, 0.5) is 10.1 Å². The average molecular weight is 810 g/mol. The zero-order chi connectivity index (χ0) is 41.3. The first-order valence-corrected chi connectivity index (χ1v) is 21.6. The fourth-order valence-corrected chi connectivity index (χ4v) is 10.3. The van der Waals surface area contributed by atoms with Crippen molar-refractivity contribution >= 4 is 40.5 Å². The molecule has 0 saturated carbocycles. The zero-order valence-electron chi connectivity index (χ0n) is 34.2. The lowest BCUT2D eigenvalue weighted by atomic mass is 9.88. The number of hydrogen-bond acceptors (Lipinski definition) is 8. The van der Waals surface area contributed by atoms with Gasteiger partial charge in [-0.1, -0.05) is 79.7 Å². The highest BCUT2D eigenvalue weighted by atomic mass is 19.1. The molecule has 0 spiro atoms. The molecule has 0 aromatic heterocycles. The number of amides is 4. The SMILES string of the molecule is CCC(=C(c1ccccc1)c1ccc(OCCN2CCC(CN3CC4CCC(C3)N4c3cc4c(cc3F)C(=O)N(C3CCC(=O)NC3=O)C4=O)CC2)cc1)c1ccccc1. The van der Waals surface area contributed by atoms with Crippen molar-refractivity contribution < 1.29 is 28.3 Å². The summed E-state index contributed by atoms with van der Waals surface area (Å²) >= 11 is 0. The lowest BCUT2D eigenvalue weighted by molar-refractivity contribution is -0.136. The van der Waals surface area contributed by atoms with Crippen LogP contribution in [0, 0.1) is 11.7 Å². The summed E-state index contributed by atoms with van der Waals surface area (Å²) in [6.45, 7) is 8.47. The van der Waals surface area contributed by atoms with Gasteiger partial charge >= 0.3 is 0 Å². The van der Waals surface area contributed by atoms with Gasteiger partial charge in [-0.05, 0) is 110 Å². The summed E-state index contributed by atoms with van der Waals surface area (Å²) in [5.41, 5.74) is 6.63. The molecule has 0 aliphatic carbocycles. The second-order valence-corrected chi connectivity index (χ2v) is 16.9. The molecule has 1 N–H and O–H groups in total. The Labute approximate surface area is 351 Å². The average Bonchev–Trinajstić information content (AvgIpc) is 3.66. The van der Waals surface area contributed by atoms with Crippen LogP contribution >= 0.6 is 0 Å². The predicted octanol–water partition coefficient (Wildman–Crippen LogP) is 7.04. The first-order valence-electron chi connectivity index (χ1n) is 21.6. The molecule has 4 amide bonds. The lowest BCUT2D eigenvalue weighted by Gasteiger charge is -2.44. The highest BCUT2D eigenvalue weighted by molar-refractivity contribution is 6.23. The van der Waals surface area contributed by atoms with E-state index in [-0.39, 0.29) is 36.1 Å². The summed E-state index contributed by atoms with van der Waals surface area (Å²) in [6.07, 6.45) is 5.14. The van der Waals surface area contributed by atoms with Crippen molar-refractivity contribution in [1.29, 1.82) is 0 Å². The van der Waals surface area contributed by atoms with Gasteiger partial charge in [0.1, 0.15) is 24.2 Å². The third kappa shape index (κ3) is 7.88. The van der Waals surface area contributed by atoms with E-state index >= 15 is 4.39 Å². The maximum absolute atomic E-state index is 15.8. The normalized spacial score (nSPS) is 22.9. The molecular weight excluding hydrogens is 758 g/mol. The molecule has 11 heteroatoms. The molecule has 5 heterocycles. The number of hydrogen-bond donors (Lipinski definition) is 1. The van der Waals surface area contributed by atoms with Gasteiger partial charge in [-0.15, -0.1) is 0 Å². The third-order valence-corrected chi connectivity index (χ3v) is 13.2. The summed E-state index contributed by atoms with van der Waals surface area (Å²) in [5.74, 6) is -1.48. The molecule has 4 saturated heterocycles. The van der Waals surface area contributed by atoms with Crippen molar-refractivity contribution in [3.05, 3.63) is 131 Å². The number of halogens is 1. The molecule has 310 valence electrons.